The third kappa shape index (κ3) is 9.23. The normalized spacial score (nSPS) is 15.8. The molecule has 1 aliphatic rings. The van der Waals surface area contributed by atoms with Gasteiger partial charge in [0.1, 0.15) is 0 Å². The molecule has 0 aliphatic carbocycles. The minimum Gasteiger partial charge on any atom is -0.379 e. The average molecular weight is 560 g/mol. The fourth-order valence-corrected chi connectivity index (χ4v) is 3.93. The van der Waals surface area contributed by atoms with Crippen molar-refractivity contribution >= 4 is 35.8 Å². The number of benzene rings is 1. The number of halogens is 1. The van der Waals surface area contributed by atoms with Gasteiger partial charge in [0.15, 0.2) is 5.96 Å². The summed E-state index contributed by atoms with van der Waals surface area (Å²) in [6, 6.07) is 8.29. The number of nitrogens with zero attached hydrogens (tertiary/aromatic N) is 3. The monoisotopic (exact) mass is 559 g/mol. The number of hydrogen-bond acceptors (Lipinski definition) is 4. The number of hydrogen-bond donors (Lipinski definition) is 2. The lowest BCUT2D eigenvalue weighted by Crippen LogP contribution is -2.50. The lowest BCUT2D eigenvalue weighted by Gasteiger charge is -2.35. The first-order valence-corrected chi connectivity index (χ1v) is 11.6. The minimum absolute atomic E-state index is 0. The number of carbonyl (C=O) groups is 1. The molecule has 1 amide bonds. The molecule has 1 aromatic rings. The molecule has 1 unspecified atom stereocenters. The second kappa shape index (κ2) is 15.4. The van der Waals surface area contributed by atoms with Crippen LogP contribution in [0.15, 0.2) is 29.3 Å². The molecule has 1 heterocycles. The zero-order valence-electron chi connectivity index (χ0n) is 20.4. The Hall–Kier alpha value is -1.39. The zero-order valence-corrected chi connectivity index (χ0v) is 22.7. The molecule has 0 spiro atoms. The molecule has 0 aromatic heterocycles. The van der Waals surface area contributed by atoms with Crippen molar-refractivity contribution < 1.29 is 9.53 Å². The van der Waals surface area contributed by atoms with Crippen molar-refractivity contribution in [2.75, 3.05) is 53.0 Å². The number of ether oxygens (including phenoxy) is 1. The average Bonchev–Trinajstić information content (AvgIpc) is 2.79. The number of morpholine rings is 1. The van der Waals surface area contributed by atoms with E-state index in [1.54, 1.807) is 7.05 Å². The van der Waals surface area contributed by atoms with Crippen LogP contribution >= 0.6 is 24.0 Å². The number of guanidine groups is 1. The Morgan fingerprint density at radius 2 is 1.75 bits per heavy atom. The van der Waals surface area contributed by atoms with E-state index in [1.165, 1.54) is 0 Å². The summed E-state index contributed by atoms with van der Waals surface area (Å²) in [5.74, 6) is 1.52. The van der Waals surface area contributed by atoms with Crippen molar-refractivity contribution in [2.24, 2.45) is 10.9 Å². The SMILES string of the molecule is CCN(CC)C(=O)c1ccc(CNC(=NC)NCC(CC(C)C)N2CCOCC2)cc1.I. The molecule has 8 heteroatoms. The number of rotatable bonds is 10. The van der Waals surface area contributed by atoms with Crippen LogP contribution in [-0.4, -0.2) is 80.7 Å². The number of carbonyl (C=O) groups excluding carboxylic acids is 1. The van der Waals surface area contributed by atoms with Gasteiger partial charge in [-0.05, 0) is 43.9 Å². The Bertz CT molecular complexity index is 686. The first-order valence-electron chi connectivity index (χ1n) is 11.6. The number of aliphatic imine (C=N–C) groups is 1. The first-order chi connectivity index (χ1) is 15.0. The zero-order chi connectivity index (χ0) is 22.6. The first kappa shape index (κ1) is 28.6. The third-order valence-electron chi connectivity index (χ3n) is 5.75. The molecule has 32 heavy (non-hydrogen) atoms. The maximum absolute atomic E-state index is 12.5. The maximum Gasteiger partial charge on any atom is 0.253 e. The summed E-state index contributed by atoms with van der Waals surface area (Å²) in [5.41, 5.74) is 1.85. The number of amides is 1. The molecular formula is C24H42IN5O2. The van der Waals surface area contributed by atoms with Crippen molar-refractivity contribution in [2.45, 2.75) is 46.7 Å². The molecule has 1 fully saturated rings. The van der Waals surface area contributed by atoms with Gasteiger partial charge in [-0.2, -0.15) is 0 Å². The van der Waals surface area contributed by atoms with Crippen molar-refractivity contribution in [1.82, 2.24) is 20.4 Å². The highest BCUT2D eigenvalue weighted by molar-refractivity contribution is 14.0. The van der Waals surface area contributed by atoms with Crippen LogP contribution in [0.25, 0.3) is 0 Å². The summed E-state index contributed by atoms with van der Waals surface area (Å²) in [7, 11) is 1.80. The van der Waals surface area contributed by atoms with Gasteiger partial charge in [-0.15, -0.1) is 24.0 Å². The predicted octanol–water partition coefficient (Wildman–Crippen LogP) is 3.20. The van der Waals surface area contributed by atoms with Gasteiger partial charge in [0.25, 0.3) is 5.91 Å². The molecule has 2 rings (SSSR count). The van der Waals surface area contributed by atoms with Crippen LogP contribution < -0.4 is 10.6 Å². The van der Waals surface area contributed by atoms with Crippen molar-refractivity contribution in [1.29, 1.82) is 0 Å². The smallest absolute Gasteiger partial charge is 0.253 e. The molecule has 1 atom stereocenters. The van der Waals surface area contributed by atoms with E-state index >= 15 is 0 Å². The Morgan fingerprint density at radius 3 is 2.28 bits per heavy atom. The summed E-state index contributed by atoms with van der Waals surface area (Å²) >= 11 is 0. The highest BCUT2D eigenvalue weighted by Gasteiger charge is 2.22. The molecule has 182 valence electrons. The highest BCUT2D eigenvalue weighted by Crippen LogP contribution is 2.13. The van der Waals surface area contributed by atoms with Gasteiger partial charge in [-0.3, -0.25) is 14.7 Å². The largest absolute Gasteiger partial charge is 0.379 e. The topological polar surface area (TPSA) is 69.2 Å². The highest BCUT2D eigenvalue weighted by atomic mass is 127. The molecule has 0 bridgehead atoms. The fraction of sp³-hybridized carbons (Fsp3) is 0.667. The Kier molecular flexibility index (Phi) is 13.8. The summed E-state index contributed by atoms with van der Waals surface area (Å²) < 4.78 is 5.52. The molecule has 1 aromatic carbocycles. The van der Waals surface area contributed by atoms with Crippen molar-refractivity contribution in [3.05, 3.63) is 35.4 Å². The summed E-state index contributed by atoms with van der Waals surface area (Å²) in [4.78, 5) is 21.2. The van der Waals surface area contributed by atoms with Gasteiger partial charge < -0.3 is 20.3 Å². The molecule has 0 saturated carbocycles. The maximum atomic E-state index is 12.5. The van der Waals surface area contributed by atoms with Gasteiger partial charge >= 0.3 is 0 Å². The Morgan fingerprint density at radius 1 is 1.12 bits per heavy atom. The molecule has 1 saturated heterocycles. The molecule has 1 aliphatic heterocycles. The summed E-state index contributed by atoms with van der Waals surface area (Å²) in [6.07, 6.45) is 1.14. The van der Waals surface area contributed by atoms with E-state index in [0.717, 1.165) is 69.4 Å². The summed E-state index contributed by atoms with van der Waals surface area (Å²) in [6.45, 7) is 15.1. The van der Waals surface area contributed by atoms with E-state index < -0.39 is 0 Å². The minimum atomic E-state index is 0. The fourth-order valence-electron chi connectivity index (χ4n) is 3.93. The van der Waals surface area contributed by atoms with E-state index in [4.69, 9.17) is 4.74 Å². The molecule has 7 nitrogen and oxygen atoms in total. The summed E-state index contributed by atoms with van der Waals surface area (Å²) in [5, 5.41) is 6.89. The standard InChI is InChI=1S/C24H41N5O2.HI/c1-6-28(7-2)23(30)21-10-8-20(9-11-21)17-26-24(25-5)27-18-22(16-19(3)4)29-12-14-31-15-13-29;/h8-11,19,22H,6-7,12-18H2,1-5H3,(H2,25,26,27);1H. The van der Waals surface area contributed by atoms with Crippen LogP contribution in [0, 0.1) is 5.92 Å². The van der Waals surface area contributed by atoms with E-state index in [1.807, 2.05) is 43.0 Å². The lowest BCUT2D eigenvalue weighted by molar-refractivity contribution is 0.0132. The second-order valence-corrected chi connectivity index (χ2v) is 8.41. The third-order valence-corrected chi connectivity index (χ3v) is 5.75. The number of nitrogens with one attached hydrogen (secondary N) is 2. The van der Waals surface area contributed by atoms with E-state index in [9.17, 15) is 4.79 Å². The van der Waals surface area contributed by atoms with Crippen LogP contribution in [0.3, 0.4) is 0 Å². The quantitative estimate of drug-likeness (QED) is 0.262. The molecular weight excluding hydrogens is 517 g/mol. The van der Waals surface area contributed by atoms with E-state index in [-0.39, 0.29) is 29.9 Å². The van der Waals surface area contributed by atoms with Gasteiger partial charge in [0.2, 0.25) is 0 Å². The van der Waals surface area contributed by atoms with Gasteiger partial charge in [0, 0.05) is 57.9 Å². The van der Waals surface area contributed by atoms with Gasteiger partial charge in [-0.25, -0.2) is 0 Å². The van der Waals surface area contributed by atoms with Crippen LogP contribution in [-0.2, 0) is 11.3 Å². The van der Waals surface area contributed by atoms with Crippen LogP contribution in [0.4, 0.5) is 0 Å². The second-order valence-electron chi connectivity index (χ2n) is 8.41. The predicted molar refractivity (Wildman–Crippen MR) is 143 cm³/mol. The van der Waals surface area contributed by atoms with Crippen LogP contribution in [0.5, 0.6) is 0 Å². The Labute approximate surface area is 211 Å². The van der Waals surface area contributed by atoms with Crippen molar-refractivity contribution in [3.63, 3.8) is 0 Å². The van der Waals surface area contributed by atoms with Crippen molar-refractivity contribution in [3.8, 4) is 0 Å². The van der Waals surface area contributed by atoms with E-state index in [0.29, 0.717) is 18.5 Å². The van der Waals surface area contributed by atoms with Gasteiger partial charge in [0.05, 0.1) is 13.2 Å². The Balaban J connectivity index is 0.00000512. The van der Waals surface area contributed by atoms with Crippen LogP contribution in [0.1, 0.15) is 50.0 Å². The van der Waals surface area contributed by atoms with Gasteiger partial charge in [-0.1, -0.05) is 26.0 Å². The van der Waals surface area contributed by atoms with Crippen LogP contribution in [0.2, 0.25) is 0 Å². The van der Waals surface area contributed by atoms with E-state index in [2.05, 4.69) is 34.4 Å². The molecule has 2 N–H and O–H groups in total. The molecule has 0 radical (unpaired) electrons. The lowest BCUT2D eigenvalue weighted by atomic mass is 10.0.